The number of fused-ring (bicyclic) bond motifs is 1. The quantitative estimate of drug-likeness (QED) is 0.702. The fraction of sp³-hybridized carbons (Fsp3) is 0.0833. The van der Waals surface area contributed by atoms with E-state index >= 15 is 0 Å². The minimum atomic E-state index is 0.222. The third kappa shape index (κ3) is 1.84. The van der Waals surface area contributed by atoms with Gasteiger partial charge < -0.3 is 15.4 Å². The van der Waals surface area contributed by atoms with Crippen molar-refractivity contribution in [3.05, 3.63) is 42.4 Å². The summed E-state index contributed by atoms with van der Waals surface area (Å²) in [4.78, 5) is 12.2. The Morgan fingerprint density at radius 1 is 1.28 bits per heavy atom. The zero-order chi connectivity index (χ0) is 12.5. The van der Waals surface area contributed by atoms with E-state index in [1.165, 1.54) is 0 Å². The number of nitrogens with zero attached hydrogens (tertiary/aromatic N) is 4. The maximum absolute atomic E-state index is 9.43. The SMILES string of the molecule is Nc1ncc2ncn(Cc3cccc(O)c3)c2n1. The number of aromatic hydroxyl groups is 1. The summed E-state index contributed by atoms with van der Waals surface area (Å²) < 4.78 is 1.86. The molecule has 6 heteroatoms. The van der Waals surface area contributed by atoms with Crippen molar-refractivity contribution in [2.75, 3.05) is 5.73 Å². The van der Waals surface area contributed by atoms with E-state index < -0.39 is 0 Å². The van der Waals surface area contributed by atoms with Crippen molar-refractivity contribution in [3.63, 3.8) is 0 Å². The summed E-state index contributed by atoms with van der Waals surface area (Å²) in [6.45, 7) is 0.571. The van der Waals surface area contributed by atoms with Gasteiger partial charge in [-0.25, -0.2) is 9.97 Å². The van der Waals surface area contributed by atoms with E-state index in [4.69, 9.17) is 5.73 Å². The van der Waals surface area contributed by atoms with E-state index in [2.05, 4.69) is 15.0 Å². The molecule has 2 aromatic heterocycles. The average Bonchev–Trinajstić information content (AvgIpc) is 2.72. The Bertz CT molecular complexity index is 707. The number of hydrogen-bond donors (Lipinski definition) is 2. The summed E-state index contributed by atoms with van der Waals surface area (Å²) in [6, 6.07) is 7.06. The van der Waals surface area contributed by atoms with Crippen molar-refractivity contribution >= 4 is 17.1 Å². The summed E-state index contributed by atoms with van der Waals surface area (Å²) in [7, 11) is 0. The van der Waals surface area contributed by atoms with Crippen molar-refractivity contribution in [2.45, 2.75) is 6.54 Å². The van der Waals surface area contributed by atoms with Crippen molar-refractivity contribution in [1.29, 1.82) is 0 Å². The molecular formula is C12H11N5O. The van der Waals surface area contributed by atoms with Crippen LogP contribution in [0.4, 0.5) is 5.95 Å². The molecule has 90 valence electrons. The third-order valence-corrected chi connectivity index (χ3v) is 2.64. The van der Waals surface area contributed by atoms with Gasteiger partial charge in [-0.15, -0.1) is 0 Å². The highest BCUT2D eigenvalue weighted by atomic mass is 16.3. The highest BCUT2D eigenvalue weighted by Gasteiger charge is 2.06. The lowest BCUT2D eigenvalue weighted by molar-refractivity contribution is 0.474. The van der Waals surface area contributed by atoms with Crippen molar-refractivity contribution < 1.29 is 5.11 Å². The van der Waals surface area contributed by atoms with Crippen LogP contribution in [-0.2, 0) is 6.54 Å². The van der Waals surface area contributed by atoms with Gasteiger partial charge in [-0.3, -0.25) is 0 Å². The van der Waals surface area contributed by atoms with Gasteiger partial charge in [0.1, 0.15) is 11.3 Å². The largest absolute Gasteiger partial charge is 0.508 e. The van der Waals surface area contributed by atoms with Crippen LogP contribution in [0.25, 0.3) is 11.2 Å². The molecular weight excluding hydrogens is 230 g/mol. The maximum atomic E-state index is 9.43. The molecule has 0 unspecified atom stereocenters. The Hall–Kier alpha value is -2.63. The average molecular weight is 241 g/mol. The van der Waals surface area contributed by atoms with Gasteiger partial charge in [0.2, 0.25) is 5.95 Å². The van der Waals surface area contributed by atoms with Crippen LogP contribution in [0.3, 0.4) is 0 Å². The van der Waals surface area contributed by atoms with Gasteiger partial charge in [-0.1, -0.05) is 12.1 Å². The van der Waals surface area contributed by atoms with E-state index in [9.17, 15) is 5.11 Å². The number of nitrogens with two attached hydrogens (primary N) is 1. The van der Waals surface area contributed by atoms with E-state index in [0.29, 0.717) is 17.7 Å². The standard InChI is InChI=1S/C12H11N5O/c13-12-14-5-10-11(16-12)17(7-15-10)6-8-2-1-3-9(18)4-8/h1-5,7,18H,6H2,(H2,13,14,16). The molecule has 6 nitrogen and oxygen atoms in total. The van der Waals surface area contributed by atoms with Crippen LogP contribution in [0.5, 0.6) is 5.75 Å². The fourth-order valence-corrected chi connectivity index (χ4v) is 1.84. The van der Waals surface area contributed by atoms with E-state index in [1.807, 2.05) is 10.6 Å². The Kier molecular flexibility index (Phi) is 2.33. The minimum Gasteiger partial charge on any atom is -0.508 e. The second-order valence-electron chi connectivity index (χ2n) is 3.98. The predicted octanol–water partition coefficient (Wildman–Crippen LogP) is 1.16. The topological polar surface area (TPSA) is 89.8 Å². The predicted molar refractivity (Wildman–Crippen MR) is 66.9 cm³/mol. The first-order valence-electron chi connectivity index (χ1n) is 5.43. The zero-order valence-electron chi connectivity index (χ0n) is 9.48. The molecule has 3 aromatic rings. The summed E-state index contributed by atoms with van der Waals surface area (Å²) in [6.07, 6.45) is 3.28. The van der Waals surface area contributed by atoms with Crippen LogP contribution in [-0.4, -0.2) is 24.6 Å². The summed E-state index contributed by atoms with van der Waals surface area (Å²) in [5.41, 5.74) is 7.91. The van der Waals surface area contributed by atoms with Gasteiger partial charge in [0.25, 0.3) is 0 Å². The first-order valence-corrected chi connectivity index (χ1v) is 5.43. The van der Waals surface area contributed by atoms with Crippen LogP contribution in [0.1, 0.15) is 5.56 Å². The van der Waals surface area contributed by atoms with Crippen LogP contribution in [0.15, 0.2) is 36.8 Å². The van der Waals surface area contributed by atoms with Crippen molar-refractivity contribution in [1.82, 2.24) is 19.5 Å². The lowest BCUT2D eigenvalue weighted by Crippen LogP contribution is -2.01. The number of anilines is 1. The molecule has 0 aliphatic carbocycles. The fourth-order valence-electron chi connectivity index (χ4n) is 1.84. The van der Waals surface area contributed by atoms with Gasteiger partial charge in [-0.2, -0.15) is 4.98 Å². The Morgan fingerprint density at radius 2 is 2.17 bits per heavy atom. The van der Waals surface area contributed by atoms with Gasteiger partial charge in [0.15, 0.2) is 5.65 Å². The normalized spacial score (nSPS) is 10.9. The van der Waals surface area contributed by atoms with Gasteiger partial charge >= 0.3 is 0 Å². The zero-order valence-corrected chi connectivity index (χ0v) is 9.48. The molecule has 0 fully saturated rings. The number of imidazole rings is 1. The minimum absolute atomic E-state index is 0.222. The maximum Gasteiger partial charge on any atom is 0.222 e. The molecule has 0 aliphatic rings. The molecule has 0 radical (unpaired) electrons. The number of benzene rings is 1. The lowest BCUT2D eigenvalue weighted by atomic mass is 10.2. The monoisotopic (exact) mass is 241 g/mol. The lowest BCUT2D eigenvalue weighted by Gasteiger charge is -2.04. The molecule has 0 bridgehead atoms. The molecule has 0 spiro atoms. The van der Waals surface area contributed by atoms with E-state index in [1.54, 1.807) is 30.7 Å². The van der Waals surface area contributed by atoms with Crippen molar-refractivity contribution in [3.8, 4) is 5.75 Å². The van der Waals surface area contributed by atoms with Crippen LogP contribution in [0.2, 0.25) is 0 Å². The van der Waals surface area contributed by atoms with Gasteiger partial charge in [-0.05, 0) is 17.7 Å². The molecule has 3 rings (SSSR count). The molecule has 2 heterocycles. The van der Waals surface area contributed by atoms with Crippen LogP contribution >= 0.6 is 0 Å². The molecule has 0 atom stereocenters. The number of phenols is 1. The first kappa shape index (κ1) is 10.5. The van der Waals surface area contributed by atoms with Gasteiger partial charge in [0.05, 0.1) is 19.1 Å². The van der Waals surface area contributed by atoms with Gasteiger partial charge in [0, 0.05) is 0 Å². The second-order valence-corrected chi connectivity index (χ2v) is 3.98. The molecule has 3 N–H and O–H groups in total. The van der Waals surface area contributed by atoms with Crippen LogP contribution < -0.4 is 5.73 Å². The Labute approximate surface area is 103 Å². The summed E-state index contributed by atoms with van der Waals surface area (Å²) in [5, 5.41) is 9.43. The number of phenolic OH excluding ortho intramolecular Hbond substituents is 1. The molecule has 1 aromatic carbocycles. The second kappa shape index (κ2) is 3.99. The number of aromatic nitrogens is 4. The molecule has 18 heavy (non-hydrogen) atoms. The summed E-state index contributed by atoms with van der Waals surface area (Å²) in [5.74, 6) is 0.464. The van der Waals surface area contributed by atoms with E-state index in [0.717, 1.165) is 5.56 Å². The number of nitrogen functional groups attached to an aromatic ring is 1. The highest BCUT2D eigenvalue weighted by molar-refractivity contribution is 5.70. The third-order valence-electron chi connectivity index (χ3n) is 2.64. The van der Waals surface area contributed by atoms with E-state index in [-0.39, 0.29) is 11.7 Å². The summed E-state index contributed by atoms with van der Waals surface area (Å²) >= 11 is 0. The molecule has 0 saturated heterocycles. The van der Waals surface area contributed by atoms with Crippen LogP contribution in [0, 0.1) is 0 Å². The smallest absolute Gasteiger partial charge is 0.222 e. The molecule has 0 amide bonds. The highest BCUT2D eigenvalue weighted by Crippen LogP contribution is 2.15. The Balaban J connectivity index is 2.02. The molecule has 0 saturated carbocycles. The Morgan fingerprint density at radius 3 is 3.00 bits per heavy atom. The van der Waals surface area contributed by atoms with Crippen molar-refractivity contribution in [2.24, 2.45) is 0 Å². The number of hydrogen-bond acceptors (Lipinski definition) is 5. The number of rotatable bonds is 2. The first-order chi connectivity index (χ1) is 8.72. The molecule has 0 aliphatic heterocycles.